The van der Waals surface area contributed by atoms with Crippen molar-refractivity contribution in [1.29, 1.82) is 0 Å². The van der Waals surface area contributed by atoms with E-state index in [2.05, 4.69) is 10.1 Å². The smallest absolute Gasteiger partial charge is 0.387 e. The first-order valence-corrected chi connectivity index (χ1v) is 10.1. The highest BCUT2D eigenvalue weighted by Gasteiger charge is 2.28. The van der Waals surface area contributed by atoms with Gasteiger partial charge in [0.1, 0.15) is 0 Å². The van der Waals surface area contributed by atoms with E-state index in [1.807, 2.05) is 19.1 Å². The van der Waals surface area contributed by atoms with Crippen LogP contribution in [0.3, 0.4) is 0 Å². The molecule has 1 N–H and O–H groups in total. The Labute approximate surface area is 180 Å². The number of aryl methyl sites for hydroxylation is 1. The van der Waals surface area contributed by atoms with E-state index in [0.29, 0.717) is 30.6 Å². The largest absolute Gasteiger partial charge is 0.493 e. The number of carbonyl (C=O) groups is 2. The zero-order valence-electron chi connectivity index (χ0n) is 17.6. The Hall–Kier alpha value is -3.16. The van der Waals surface area contributed by atoms with Crippen molar-refractivity contribution in [1.82, 2.24) is 10.2 Å². The van der Waals surface area contributed by atoms with Crippen LogP contribution in [0, 0.1) is 12.8 Å². The number of ether oxygens (including phenoxy) is 2. The van der Waals surface area contributed by atoms with E-state index in [9.17, 15) is 18.4 Å². The number of piperidine rings is 1. The number of amides is 2. The van der Waals surface area contributed by atoms with Crippen molar-refractivity contribution in [3.63, 3.8) is 0 Å². The Balaban J connectivity index is 1.58. The molecular weight excluding hydrogens is 406 g/mol. The van der Waals surface area contributed by atoms with Crippen LogP contribution < -0.4 is 14.8 Å². The van der Waals surface area contributed by atoms with Crippen LogP contribution in [0.1, 0.15) is 34.3 Å². The van der Waals surface area contributed by atoms with Crippen LogP contribution in [0.4, 0.5) is 8.78 Å². The van der Waals surface area contributed by atoms with Gasteiger partial charge >= 0.3 is 6.61 Å². The number of rotatable bonds is 7. The van der Waals surface area contributed by atoms with E-state index in [0.717, 1.165) is 12.0 Å². The number of carbonyl (C=O) groups excluding carboxylic acids is 2. The maximum atomic E-state index is 12.8. The van der Waals surface area contributed by atoms with E-state index in [1.165, 1.54) is 13.2 Å². The second-order valence-corrected chi connectivity index (χ2v) is 7.54. The zero-order chi connectivity index (χ0) is 22.4. The monoisotopic (exact) mass is 432 g/mol. The van der Waals surface area contributed by atoms with Crippen molar-refractivity contribution in [2.75, 3.05) is 20.2 Å². The fourth-order valence-corrected chi connectivity index (χ4v) is 3.60. The molecule has 0 aromatic heterocycles. The van der Waals surface area contributed by atoms with E-state index in [1.54, 1.807) is 29.2 Å². The molecule has 1 aliphatic rings. The van der Waals surface area contributed by atoms with Crippen LogP contribution >= 0.6 is 0 Å². The van der Waals surface area contributed by atoms with Gasteiger partial charge in [-0.25, -0.2) is 0 Å². The predicted molar refractivity (Wildman–Crippen MR) is 111 cm³/mol. The van der Waals surface area contributed by atoms with Gasteiger partial charge in [0.15, 0.2) is 11.5 Å². The lowest BCUT2D eigenvalue weighted by atomic mass is 9.96. The molecule has 31 heavy (non-hydrogen) atoms. The molecule has 0 saturated carbocycles. The van der Waals surface area contributed by atoms with Gasteiger partial charge in [0.05, 0.1) is 13.0 Å². The van der Waals surface area contributed by atoms with Crippen molar-refractivity contribution in [2.24, 2.45) is 5.92 Å². The number of nitrogens with one attached hydrogen (secondary N) is 1. The minimum atomic E-state index is -2.95. The number of nitrogens with zero attached hydrogens (tertiary/aromatic N) is 1. The Kier molecular flexibility index (Phi) is 7.44. The third kappa shape index (κ3) is 5.93. The lowest BCUT2D eigenvalue weighted by Crippen LogP contribution is -2.45. The quantitative estimate of drug-likeness (QED) is 0.723. The van der Waals surface area contributed by atoms with Crippen molar-refractivity contribution in [2.45, 2.75) is 32.9 Å². The number of benzene rings is 2. The Morgan fingerprint density at radius 2 is 1.90 bits per heavy atom. The van der Waals surface area contributed by atoms with Gasteiger partial charge in [-0.3, -0.25) is 9.59 Å². The summed E-state index contributed by atoms with van der Waals surface area (Å²) in [5.74, 6) is -0.415. The molecule has 8 heteroatoms. The zero-order valence-corrected chi connectivity index (χ0v) is 17.6. The first-order valence-electron chi connectivity index (χ1n) is 10.1. The molecule has 0 aliphatic carbocycles. The molecule has 0 bridgehead atoms. The molecule has 2 amide bonds. The molecule has 1 atom stereocenters. The summed E-state index contributed by atoms with van der Waals surface area (Å²) in [5, 5.41) is 2.87. The van der Waals surface area contributed by atoms with Gasteiger partial charge in [-0.05, 0) is 49.6 Å². The van der Waals surface area contributed by atoms with Crippen LogP contribution in [0.25, 0.3) is 0 Å². The standard InChI is InChI=1S/C23H26F2N2O4/c1-15-5-8-17(9-6-15)22(29)27-11-3-4-18(14-27)21(28)26-13-16-7-10-19(31-23(24)25)20(12-16)30-2/h5-10,12,18,23H,3-4,11,13-14H2,1-2H3,(H,26,28). The first kappa shape index (κ1) is 22.5. The number of halogens is 2. The molecule has 1 fully saturated rings. The van der Waals surface area contributed by atoms with Crippen LogP contribution in [0.2, 0.25) is 0 Å². The summed E-state index contributed by atoms with van der Waals surface area (Å²) in [5.41, 5.74) is 2.39. The van der Waals surface area contributed by atoms with Crippen LogP contribution in [-0.4, -0.2) is 43.5 Å². The summed E-state index contributed by atoms with van der Waals surface area (Å²) < 4.78 is 34.4. The molecule has 2 aromatic carbocycles. The maximum Gasteiger partial charge on any atom is 0.387 e. The highest BCUT2D eigenvalue weighted by atomic mass is 19.3. The molecule has 0 radical (unpaired) electrons. The first-order chi connectivity index (χ1) is 14.9. The van der Waals surface area contributed by atoms with Crippen molar-refractivity contribution in [3.8, 4) is 11.5 Å². The normalized spacial score (nSPS) is 16.2. The average Bonchev–Trinajstić information content (AvgIpc) is 2.78. The topological polar surface area (TPSA) is 67.9 Å². The van der Waals surface area contributed by atoms with Gasteiger partial charge in [-0.1, -0.05) is 23.8 Å². The summed E-state index contributed by atoms with van der Waals surface area (Å²) >= 11 is 0. The van der Waals surface area contributed by atoms with Gasteiger partial charge in [0.2, 0.25) is 5.91 Å². The molecule has 166 valence electrons. The molecule has 2 aromatic rings. The summed E-state index contributed by atoms with van der Waals surface area (Å²) in [4.78, 5) is 27.2. The molecule has 1 unspecified atom stereocenters. The fraction of sp³-hybridized carbons (Fsp3) is 0.391. The summed E-state index contributed by atoms with van der Waals surface area (Å²) in [6, 6.07) is 11.9. The molecule has 0 spiro atoms. The third-order valence-corrected chi connectivity index (χ3v) is 5.29. The van der Waals surface area contributed by atoms with E-state index in [4.69, 9.17) is 4.74 Å². The Morgan fingerprint density at radius 3 is 2.58 bits per heavy atom. The number of hydrogen-bond donors (Lipinski definition) is 1. The summed E-state index contributed by atoms with van der Waals surface area (Å²) in [6.45, 7) is 0.218. The second kappa shape index (κ2) is 10.2. The number of hydrogen-bond acceptors (Lipinski definition) is 4. The lowest BCUT2D eigenvalue weighted by molar-refractivity contribution is -0.126. The Bertz CT molecular complexity index is 918. The molecule has 3 rings (SSSR count). The van der Waals surface area contributed by atoms with E-state index in [-0.39, 0.29) is 35.8 Å². The maximum absolute atomic E-state index is 12.8. The van der Waals surface area contributed by atoms with Crippen molar-refractivity contribution < 1.29 is 27.8 Å². The van der Waals surface area contributed by atoms with E-state index >= 15 is 0 Å². The second-order valence-electron chi connectivity index (χ2n) is 7.54. The van der Waals surface area contributed by atoms with Gasteiger partial charge in [-0.2, -0.15) is 8.78 Å². The molecule has 1 saturated heterocycles. The van der Waals surface area contributed by atoms with Gasteiger partial charge in [-0.15, -0.1) is 0 Å². The summed E-state index contributed by atoms with van der Waals surface area (Å²) in [6.07, 6.45) is 1.46. The fourth-order valence-electron chi connectivity index (χ4n) is 3.60. The van der Waals surface area contributed by atoms with Crippen LogP contribution in [-0.2, 0) is 11.3 Å². The summed E-state index contributed by atoms with van der Waals surface area (Å²) in [7, 11) is 1.36. The molecule has 6 nitrogen and oxygen atoms in total. The molecular formula is C23H26F2N2O4. The third-order valence-electron chi connectivity index (χ3n) is 5.29. The molecule has 1 aliphatic heterocycles. The highest BCUT2D eigenvalue weighted by molar-refractivity contribution is 5.94. The minimum absolute atomic E-state index is 0.0647. The number of methoxy groups -OCH3 is 1. The Morgan fingerprint density at radius 1 is 1.16 bits per heavy atom. The predicted octanol–water partition coefficient (Wildman–Crippen LogP) is 3.77. The van der Waals surface area contributed by atoms with Gasteiger partial charge in [0.25, 0.3) is 5.91 Å². The number of alkyl halides is 2. The van der Waals surface area contributed by atoms with Gasteiger partial charge in [0, 0.05) is 25.2 Å². The van der Waals surface area contributed by atoms with Crippen LogP contribution in [0.5, 0.6) is 11.5 Å². The van der Waals surface area contributed by atoms with Crippen LogP contribution in [0.15, 0.2) is 42.5 Å². The van der Waals surface area contributed by atoms with Crippen molar-refractivity contribution >= 4 is 11.8 Å². The lowest BCUT2D eigenvalue weighted by Gasteiger charge is -2.32. The SMILES string of the molecule is COc1cc(CNC(=O)C2CCCN(C(=O)c3ccc(C)cc3)C2)ccc1OC(F)F. The molecule has 1 heterocycles. The average molecular weight is 432 g/mol. The highest BCUT2D eigenvalue weighted by Crippen LogP contribution is 2.29. The van der Waals surface area contributed by atoms with Crippen molar-refractivity contribution in [3.05, 3.63) is 59.2 Å². The van der Waals surface area contributed by atoms with E-state index < -0.39 is 6.61 Å². The van der Waals surface area contributed by atoms with Gasteiger partial charge < -0.3 is 19.7 Å². The minimum Gasteiger partial charge on any atom is -0.493 e. The number of likely N-dealkylation sites (tertiary alicyclic amines) is 1.